The molecule has 0 atom stereocenters. The molecule has 5 aromatic carbocycles. The number of anilines is 3. The van der Waals surface area contributed by atoms with Crippen LogP contribution in [-0.4, -0.2) is 0 Å². The Kier molecular flexibility index (Phi) is 3.29. The van der Waals surface area contributed by atoms with Crippen LogP contribution < -0.4 is 4.90 Å². The number of hydrogen-bond donors (Lipinski definition) is 0. The lowest BCUT2D eigenvalue weighted by Crippen LogP contribution is -2.24. The lowest BCUT2D eigenvalue weighted by atomic mass is 9.85. The second kappa shape index (κ2) is 6.31. The molecule has 0 bridgehead atoms. The van der Waals surface area contributed by atoms with Crippen molar-refractivity contribution in [3.8, 4) is 22.3 Å². The molecule has 0 spiro atoms. The maximum atomic E-state index is 2.56. The summed E-state index contributed by atoms with van der Waals surface area (Å²) in [4.78, 5) is 2.56. The van der Waals surface area contributed by atoms with Gasteiger partial charge in [0.05, 0.1) is 11.4 Å². The Morgan fingerprint density at radius 1 is 0.400 bits per heavy atom. The van der Waals surface area contributed by atoms with Gasteiger partial charge in [-0.25, -0.2) is 0 Å². The normalized spacial score (nSPS) is 14.9. The first-order valence-electron chi connectivity index (χ1n) is 12.7. The first-order valence-corrected chi connectivity index (χ1v) is 12.7. The Morgan fingerprint density at radius 3 is 1.91 bits per heavy atom. The van der Waals surface area contributed by atoms with Crippen molar-refractivity contribution >= 4 is 17.1 Å². The molecule has 4 aliphatic rings. The van der Waals surface area contributed by atoms with Crippen molar-refractivity contribution in [2.45, 2.75) is 25.7 Å². The first-order chi connectivity index (χ1) is 17.3. The molecule has 5 aromatic rings. The summed E-state index contributed by atoms with van der Waals surface area (Å²) in [5.74, 6) is 0. The molecule has 0 fully saturated rings. The number of benzene rings is 5. The van der Waals surface area contributed by atoms with Crippen molar-refractivity contribution < 1.29 is 0 Å². The average molecular weight is 446 g/mol. The summed E-state index contributed by atoms with van der Waals surface area (Å²) in [6.45, 7) is 0. The molecule has 0 radical (unpaired) electrons. The number of fused-ring (bicyclic) bond motifs is 11. The van der Waals surface area contributed by atoms with Gasteiger partial charge in [-0.3, -0.25) is 0 Å². The van der Waals surface area contributed by atoms with Gasteiger partial charge in [0.2, 0.25) is 0 Å². The highest BCUT2D eigenvalue weighted by Gasteiger charge is 2.34. The molecule has 2 aliphatic carbocycles. The third-order valence-corrected chi connectivity index (χ3v) is 8.73. The third kappa shape index (κ3) is 2.29. The van der Waals surface area contributed by atoms with Gasteiger partial charge < -0.3 is 4.90 Å². The molecule has 0 N–H and O–H groups in total. The molecular weight excluding hydrogens is 422 g/mol. The lowest BCUT2D eigenvalue weighted by molar-refractivity contribution is 1.01. The minimum absolute atomic E-state index is 1.01. The molecule has 0 saturated carbocycles. The zero-order chi connectivity index (χ0) is 22.7. The van der Waals surface area contributed by atoms with E-state index in [0.29, 0.717) is 0 Å². The standard InChI is InChI=1S/C34H23N/c1-3-10-26-20(6-1)16-30-27(26)12-13-28-29-18-25-15-23-9-5-8-22-14-21-7-2-4-11-32(21)35(34(22)23)33(25)19-24(29)17-31(28)30/h1-13,18-19H,14-17H2. The Hall–Kier alpha value is -4.10. The summed E-state index contributed by atoms with van der Waals surface area (Å²) < 4.78 is 0. The Morgan fingerprint density at radius 2 is 1.06 bits per heavy atom. The fourth-order valence-electron chi connectivity index (χ4n) is 7.22. The molecule has 164 valence electrons. The molecule has 2 heterocycles. The van der Waals surface area contributed by atoms with Crippen molar-refractivity contribution in [2.24, 2.45) is 0 Å². The maximum absolute atomic E-state index is 2.56. The molecule has 9 rings (SSSR count). The molecule has 0 unspecified atom stereocenters. The molecule has 35 heavy (non-hydrogen) atoms. The van der Waals surface area contributed by atoms with E-state index in [1.54, 1.807) is 11.1 Å². The number of hydrogen-bond acceptors (Lipinski definition) is 1. The summed E-state index contributed by atoms with van der Waals surface area (Å²) in [6.07, 6.45) is 4.14. The highest BCUT2D eigenvalue weighted by molar-refractivity contribution is 5.93. The fraction of sp³-hybridized carbons (Fsp3) is 0.118. The molecule has 0 amide bonds. The second-order valence-electron chi connectivity index (χ2n) is 10.5. The van der Waals surface area contributed by atoms with Crippen LogP contribution in [0.25, 0.3) is 22.3 Å². The van der Waals surface area contributed by atoms with E-state index in [2.05, 4.69) is 95.9 Å². The highest BCUT2D eigenvalue weighted by Crippen LogP contribution is 2.53. The Balaban J connectivity index is 1.24. The van der Waals surface area contributed by atoms with E-state index in [-0.39, 0.29) is 0 Å². The predicted octanol–water partition coefficient (Wildman–Crippen LogP) is 8.11. The van der Waals surface area contributed by atoms with Gasteiger partial charge in [-0.2, -0.15) is 0 Å². The number of para-hydroxylation sites is 2. The van der Waals surface area contributed by atoms with Crippen LogP contribution in [0.3, 0.4) is 0 Å². The van der Waals surface area contributed by atoms with Crippen molar-refractivity contribution in [3.05, 3.63) is 136 Å². The predicted molar refractivity (Wildman–Crippen MR) is 143 cm³/mol. The molecule has 1 nitrogen and oxygen atoms in total. The lowest BCUT2D eigenvalue weighted by Gasteiger charge is -2.39. The van der Waals surface area contributed by atoms with Gasteiger partial charge >= 0.3 is 0 Å². The van der Waals surface area contributed by atoms with Gasteiger partial charge in [0, 0.05) is 18.5 Å². The van der Waals surface area contributed by atoms with E-state index in [4.69, 9.17) is 0 Å². The summed E-state index contributed by atoms with van der Waals surface area (Å²) in [6, 6.07) is 34.6. The number of nitrogens with zero attached hydrogens (tertiary/aromatic N) is 1. The molecule has 1 heteroatoms. The van der Waals surface area contributed by atoms with Crippen molar-refractivity contribution in [3.63, 3.8) is 0 Å². The monoisotopic (exact) mass is 445 g/mol. The minimum atomic E-state index is 1.01. The van der Waals surface area contributed by atoms with E-state index in [1.807, 2.05) is 0 Å². The molecule has 2 aliphatic heterocycles. The van der Waals surface area contributed by atoms with Crippen LogP contribution in [0.5, 0.6) is 0 Å². The van der Waals surface area contributed by atoms with Crippen molar-refractivity contribution in [2.75, 3.05) is 4.90 Å². The first kappa shape index (κ1) is 18.3. The summed E-state index contributed by atoms with van der Waals surface area (Å²) in [7, 11) is 0. The smallest absolute Gasteiger partial charge is 0.0532 e. The van der Waals surface area contributed by atoms with Crippen LogP contribution in [0.2, 0.25) is 0 Å². The fourth-order valence-corrected chi connectivity index (χ4v) is 7.22. The third-order valence-electron chi connectivity index (χ3n) is 8.73. The van der Waals surface area contributed by atoms with Crippen LogP contribution >= 0.6 is 0 Å². The van der Waals surface area contributed by atoms with E-state index in [1.165, 1.54) is 72.7 Å². The van der Waals surface area contributed by atoms with Crippen molar-refractivity contribution in [1.82, 2.24) is 0 Å². The van der Waals surface area contributed by atoms with E-state index in [9.17, 15) is 0 Å². The van der Waals surface area contributed by atoms with E-state index >= 15 is 0 Å². The largest absolute Gasteiger partial charge is 0.309 e. The van der Waals surface area contributed by atoms with E-state index in [0.717, 1.165) is 25.7 Å². The van der Waals surface area contributed by atoms with Gasteiger partial charge in [0.15, 0.2) is 0 Å². The maximum Gasteiger partial charge on any atom is 0.0532 e. The quantitative estimate of drug-likeness (QED) is 0.228. The zero-order valence-electron chi connectivity index (χ0n) is 19.4. The average Bonchev–Trinajstić information content (AvgIpc) is 3.45. The van der Waals surface area contributed by atoms with Gasteiger partial charge in [0.1, 0.15) is 0 Å². The minimum Gasteiger partial charge on any atom is -0.309 e. The second-order valence-corrected chi connectivity index (χ2v) is 10.5. The SMILES string of the molecule is c1ccc2c(c1)Cc1c-2ccc2c1Cc1cc3c(cc1-2)Cc1cccc2c1N3c1ccccc1C2. The van der Waals surface area contributed by atoms with Gasteiger partial charge in [-0.1, -0.05) is 72.8 Å². The Labute approximate surface area is 205 Å². The van der Waals surface area contributed by atoms with Crippen LogP contribution in [0.1, 0.15) is 44.5 Å². The van der Waals surface area contributed by atoms with Gasteiger partial charge in [-0.05, 0) is 97.8 Å². The molecular formula is C34H23N. The summed E-state index contributed by atoms with van der Waals surface area (Å²) >= 11 is 0. The van der Waals surface area contributed by atoms with Crippen LogP contribution in [0, 0.1) is 0 Å². The summed E-state index contributed by atoms with van der Waals surface area (Å²) in [5, 5.41) is 0. The molecule has 0 saturated heterocycles. The van der Waals surface area contributed by atoms with Crippen LogP contribution in [0.4, 0.5) is 17.1 Å². The van der Waals surface area contributed by atoms with Crippen molar-refractivity contribution in [1.29, 1.82) is 0 Å². The highest BCUT2D eigenvalue weighted by atomic mass is 15.2. The topological polar surface area (TPSA) is 3.24 Å². The van der Waals surface area contributed by atoms with Crippen LogP contribution in [0.15, 0.2) is 91.0 Å². The van der Waals surface area contributed by atoms with Crippen LogP contribution in [-0.2, 0) is 25.7 Å². The number of rotatable bonds is 0. The Bertz CT molecular complexity index is 1760. The molecule has 0 aromatic heterocycles. The van der Waals surface area contributed by atoms with E-state index < -0.39 is 0 Å². The van der Waals surface area contributed by atoms with Gasteiger partial charge in [0.25, 0.3) is 0 Å². The summed E-state index contributed by atoms with van der Waals surface area (Å²) in [5.41, 5.74) is 21.7. The van der Waals surface area contributed by atoms with Gasteiger partial charge in [-0.15, -0.1) is 0 Å². The zero-order valence-corrected chi connectivity index (χ0v) is 19.4.